The van der Waals surface area contributed by atoms with E-state index in [-0.39, 0.29) is 17.3 Å². The zero-order chi connectivity index (χ0) is 15.5. The summed E-state index contributed by atoms with van der Waals surface area (Å²) >= 11 is 0. The number of pyridine rings is 1. The SMILES string of the molecule is CCCNc1ncccc1S(=O)(=O)N1CCN(C)C(=O)C1. The molecule has 1 aromatic rings. The van der Waals surface area contributed by atoms with Gasteiger partial charge in [-0.1, -0.05) is 6.92 Å². The van der Waals surface area contributed by atoms with Gasteiger partial charge in [0.25, 0.3) is 0 Å². The number of nitrogens with zero attached hydrogens (tertiary/aromatic N) is 3. The summed E-state index contributed by atoms with van der Waals surface area (Å²) < 4.78 is 26.6. The van der Waals surface area contributed by atoms with Gasteiger partial charge in [0.1, 0.15) is 10.7 Å². The third kappa shape index (κ3) is 3.33. The van der Waals surface area contributed by atoms with E-state index in [1.165, 1.54) is 15.3 Å². The number of piperazine rings is 1. The van der Waals surface area contributed by atoms with Crippen molar-refractivity contribution >= 4 is 21.7 Å². The zero-order valence-electron chi connectivity index (χ0n) is 12.2. The average Bonchev–Trinajstić information content (AvgIpc) is 2.48. The minimum Gasteiger partial charge on any atom is -0.369 e. The number of anilines is 1. The van der Waals surface area contributed by atoms with E-state index < -0.39 is 10.0 Å². The molecule has 2 heterocycles. The number of carbonyl (C=O) groups excluding carboxylic acids is 1. The van der Waals surface area contributed by atoms with Gasteiger partial charge in [-0.15, -0.1) is 0 Å². The largest absolute Gasteiger partial charge is 0.369 e. The van der Waals surface area contributed by atoms with Crippen LogP contribution in [0.2, 0.25) is 0 Å². The summed E-state index contributed by atoms with van der Waals surface area (Å²) in [5.41, 5.74) is 0. The molecule has 0 aliphatic carbocycles. The van der Waals surface area contributed by atoms with Crippen molar-refractivity contribution in [3.63, 3.8) is 0 Å². The summed E-state index contributed by atoms with van der Waals surface area (Å²) in [6.07, 6.45) is 2.41. The number of likely N-dealkylation sites (N-methyl/N-ethyl adjacent to an activating group) is 1. The van der Waals surface area contributed by atoms with E-state index in [4.69, 9.17) is 0 Å². The van der Waals surface area contributed by atoms with Crippen LogP contribution in [-0.2, 0) is 14.8 Å². The quantitative estimate of drug-likeness (QED) is 0.849. The summed E-state index contributed by atoms with van der Waals surface area (Å²) in [4.78, 5) is 17.5. The molecule has 116 valence electrons. The molecule has 1 N–H and O–H groups in total. The molecule has 0 bridgehead atoms. The smallest absolute Gasteiger partial charge is 0.247 e. The Bertz CT molecular complexity index is 618. The zero-order valence-corrected chi connectivity index (χ0v) is 13.1. The second kappa shape index (κ2) is 6.40. The Morgan fingerprint density at radius 1 is 1.38 bits per heavy atom. The van der Waals surface area contributed by atoms with Crippen LogP contribution in [-0.4, -0.2) is 61.7 Å². The van der Waals surface area contributed by atoms with Crippen LogP contribution in [0, 0.1) is 0 Å². The molecule has 2 rings (SSSR count). The van der Waals surface area contributed by atoms with E-state index in [0.717, 1.165) is 6.42 Å². The van der Waals surface area contributed by atoms with Gasteiger partial charge >= 0.3 is 0 Å². The second-order valence-corrected chi connectivity index (χ2v) is 6.84. The summed E-state index contributed by atoms with van der Waals surface area (Å²) in [7, 11) is -2.05. The molecule has 0 spiro atoms. The Balaban J connectivity index is 2.29. The first-order valence-corrected chi connectivity index (χ1v) is 8.34. The maximum absolute atomic E-state index is 12.7. The fourth-order valence-electron chi connectivity index (χ4n) is 2.06. The van der Waals surface area contributed by atoms with E-state index in [1.54, 1.807) is 19.3 Å². The Kier molecular flexibility index (Phi) is 4.79. The Hall–Kier alpha value is -1.67. The highest BCUT2D eigenvalue weighted by atomic mass is 32.2. The van der Waals surface area contributed by atoms with Crippen molar-refractivity contribution in [2.75, 3.05) is 38.5 Å². The molecule has 8 heteroatoms. The number of aromatic nitrogens is 1. The predicted molar refractivity (Wildman–Crippen MR) is 79.4 cm³/mol. The van der Waals surface area contributed by atoms with Crippen molar-refractivity contribution in [2.45, 2.75) is 18.2 Å². The summed E-state index contributed by atoms with van der Waals surface area (Å²) in [5.74, 6) is 0.141. The summed E-state index contributed by atoms with van der Waals surface area (Å²) in [6.45, 7) is 3.20. The topological polar surface area (TPSA) is 82.6 Å². The number of carbonyl (C=O) groups is 1. The molecular weight excluding hydrogens is 292 g/mol. The van der Waals surface area contributed by atoms with Crippen molar-refractivity contribution in [1.82, 2.24) is 14.2 Å². The predicted octanol–water partition coefficient (Wildman–Crippen LogP) is 0.366. The van der Waals surface area contributed by atoms with Gasteiger partial charge in [-0.25, -0.2) is 13.4 Å². The van der Waals surface area contributed by atoms with Gasteiger partial charge in [0.15, 0.2) is 0 Å². The molecule has 0 aromatic carbocycles. The van der Waals surface area contributed by atoms with Crippen LogP contribution in [0.4, 0.5) is 5.82 Å². The van der Waals surface area contributed by atoms with E-state index in [1.807, 2.05) is 6.92 Å². The highest BCUT2D eigenvalue weighted by Crippen LogP contribution is 2.23. The van der Waals surface area contributed by atoms with Crippen LogP contribution in [0.3, 0.4) is 0 Å². The first kappa shape index (κ1) is 15.7. The number of amides is 1. The Morgan fingerprint density at radius 3 is 2.81 bits per heavy atom. The van der Waals surface area contributed by atoms with Crippen molar-refractivity contribution < 1.29 is 13.2 Å². The highest BCUT2D eigenvalue weighted by molar-refractivity contribution is 7.89. The van der Waals surface area contributed by atoms with E-state index in [9.17, 15) is 13.2 Å². The first-order chi connectivity index (χ1) is 9.96. The molecular formula is C13H20N4O3S. The number of nitrogens with one attached hydrogen (secondary N) is 1. The highest BCUT2D eigenvalue weighted by Gasteiger charge is 2.33. The lowest BCUT2D eigenvalue weighted by atomic mass is 10.4. The Labute approximate surface area is 125 Å². The molecule has 0 atom stereocenters. The molecule has 1 aliphatic rings. The molecule has 0 unspecified atom stereocenters. The van der Waals surface area contributed by atoms with Gasteiger partial charge in [0, 0.05) is 32.9 Å². The molecule has 0 saturated carbocycles. The minimum atomic E-state index is -3.72. The second-order valence-electron chi connectivity index (χ2n) is 4.93. The van der Waals surface area contributed by atoms with Crippen LogP contribution >= 0.6 is 0 Å². The van der Waals surface area contributed by atoms with Gasteiger partial charge in [-0.3, -0.25) is 4.79 Å². The first-order valence-electron chi connectivity index (χ1n) is 6.90. The molecule has 1 saturated heterocycles. The number of sulfonamides is 1. The minimum absolute atomic E-state index is 0.121. The fraction of sp³-hybridized carbons (Fsp3) is 0.538. The Morgan fingerprint density at radius 2 is 2.14 bits per heavy atom. The molecule has 21 heavy (non-hydrogen) atoms. The van der Waals surface area contributed by atoms with Gasteiger partial charge in [0.05, 0.1) is 6.54 Å². The van der Waals surface area contributed by atoms with Crippen molar-refractivity contribution in [1.29, 1.82) is 0 Å². The van der Waals surface area contributed by atoms with Crippen LogP contribution in [0.1, 0.15) is 13.3 Å². The third-order valence-electron chi connectivity index (χ3n) is 3.35. The van der Waals surface area contributed by atoms with Gasteiger partial charge in [0.2, 0.25) is 15.9 Å². The van der Waals surface area contributed by atoms with Gasteiger partial charge in [-0.2, -0.15) is 4.31 Å². The fourth-order valence-corrected chi connectivity index (χ4v) is 3.56. The molecule has 1 aromatic heterocycles. The lowest BCUT2D eigenvalue weighted by Crippen LogP contribution is -2.50. The van der Waals surface area contributed by atoms with Crippen molar-refractivity contribution in [2.24, 2.45) is 0 Å². The van der Waals surface area contributed by atoms with Crippen LogP contribution in [0.15, 0.2) is 23.2 Å². The van der Waals surface area contributed by atoms with Crippen molar-refractivity contribution in [3.8, 4) is 0 Å². The average molecular weight is 312 g/mol. The lowest BCUT2D eigenvalue weighted by molar-refractivity contribution is -0.132. The maximum atomic E-state index is 12.7. The summed E-state index contributed by atoms with van der Waals surface area (Å²) in [5, 5.41) is 3.02. The summed E-state index contributed by atoms with van der Waals surface area (Å²) in [6, 6.07) is 3.10. The number of hydrogen-bond acceptors (Lipinski definition) is 5. The standard InChI is InChI=1S/C13H20N4O3S/c1-3-6-14-13-11(5-4-7-15-13)21(19,20)17-9-8-16(2)12(18)10-17/h4-5,7H,3,6,8-10H2,1-2H3,(H,14,15). The lowest BCUT2D eigenvalue weighted by Gasteiger charge is -2.31. The van der Waals surface area contributed by atoms with Crippen molar-refractivity contribution in [3.05, 3.63) is 18.3 Å². The van der Waals surface area contributed by atoms with Gasteiger partial charge < -0.3 is 10.2 Å². The molecule has 1 aliphatic heterocycles. The molecule has 7 nitrogen and oxygen atoms in total. The van der Waals surface area contributed by atoms with E-state index >= 15 is 0 Å². The third-order valence-corrected chi connectivity index (χ3v) is 5.23. The molecule has 1 fully saturated rings. The van der Waals surface area contributed by atoms with Crippen LogP contribution in [0.5, 0.6) is 0 Å². The van der Waals surface area contributed by atoms with E-state index in [2.05, 4.69) is 10.3 Å². The maximum Gasteiger partial charge on any atom is 0.247 e. The number of rotatable bonds is 5. The molecule has 1 amide bonds. The monoisotopic (exact) mass is 312 g/mol. The number of hydrogen-bond donors (Lipinski definition) is 1. The van der Waals surface area contributed by atoms with E-state index in [0.29, 0.717) is 25.5 Å². The van der Waals surface area contributed by atoms with Crippen LogP contribution < -0.4 is 5.32 Å². The molecule has 0 radical (unpaired) electrons. The van der Waals surface area contributed by atoms with Crippen LogP contribution in [0.25, 0.3) is 0 Å². The normalized spacial score (nSPS) is 17.0. The van der Waals surface area contributed by atoms with Gasteiger partial charge in [-0.05, 0) is 18.6 Å².